The van der Waals surface area contributed by atoms with Crippen LogP contribution in [-0.2, 0) is 19.1 Å². The molecule has 0 aromatic heterocycles. The number of anilines is 2. The molecule has 2 amide bonds. The molecular formula is C21H21FN2O5. The van der Waals surface area contributed by atoms with Crippen molar-refractivity contribution >= 4 is 29.2 Å². The van der Waals surface area contributed by atoms with E-state index in [1.54, 1.807) is 24.3 Å². The van der Waals surface area contributed by atoms with Crippen molar-refractivity contribution in [2.75, 3.05) is 30.0 Å². The van der Waals surface area contributed by atoms with Gasteiger partial charge < -0.3 is 19.7 Å². The molecule has 1 N–H and O–H groups in total. The highest BCUT2D eigenvalue weighted by molar-refractivity contribution is 6.00. The summed E-state index contributed by atoms with van der Waals surface area (Å²) in [4.78, 5) is 37.8. The lowest BCUT2D eigenvalue weighted by Gasteiger charge is -2.16. The summed E-state index contributed by atoms with van der Waals surface area (Å²) in [6.45, 7) is 2.10. The van der Waals surface area contributed by atoms with E-state index in [4.69, 9.17) is 9.47 Å². The van der Waals surface area contributed by atoms with Crippen LogP contribution in [0.5, 0.6) is 5.75 Å². The van der Waals surface area contributed by atoms with Gasteiger partial charge in [0.1, 0.15) is 11.6 Å². The van der Waals surface area contributed by atoms with Crippen molar-refractivity contribution in [3.63, 3.8) is 0 Å². The van der Waals surface area contributed by atoms with Crippen molar-refractivity contribution in [1.29, 1.82) is 0 Å². The molecule has 1 fully saturated rings. The Kier molecular flexibility index (Phi) is 6.43. The lowest BCUT2D eigenvalue weighted by Crippen LogP contribution is -2.28. The minimum Gasteiger partial charge on any atom is -0.494 e. The molecule has 0 saturated carbocycles. The Morgan fingerprint density at radius 1 is 1.14 bits per heavy atom. The second kappa shape index (κ2) is 9.18. The second-order valence-corrected chi connectivity index (χ2v) is 6.50. The highest BCUT2D eigenvalue weighted by Gasteiger charge is 2.36. The Bertz CT molecular complexity index is 883. The van der Waals surface area contributed by atoms with Crippen LogP contribution < -0.4 is 15.0 Å². The molecule has 0 spiro atoms. The number of esters is 1. The predicted octanol–water partition coefficient (Wildman–Crippen LogP) is 2.76. The molecule has 1 aliphatic rings. The zero-order valence-corrected chi connectivity index (χ0v) is 15.9. The van der Waals surface area contributed by atoms with Crippen LogP contribution in [0.25, 0.3) is 0 Å². The topological polar surface area (TPSA) is 84.9 Å². The maximum absolute atomic E-state index is 13.0. The summed E-state index contributed by atoms with van der Waals surface area (Å²) in [5.74, 6) is -1.75. The molecule has 2 aromatic carbocycles. The number of benzene rings is 2. The minimum absolute atomic E-state index is 0.0171. The van der Waals surface area contributed by atoms with Gasteiger partial charge in [-0.15, -0.1) is 0 Å². The van der Waals surface area contributed by atoms with Crippen molar-refractivity contribution in [3.8, 4) is 5.75 Å². The number of hydrogen-bond acceptors (Lipinski definition) is 5. The molecule has 7 nitrogen and oxygen atoms in total. The van der Waals surface area contributed by atoms with Crippen LogP contribution in [0.15, 0.2) is 48.5 Å². The smallest absolute Gasteiger partial charge is 0.311 e. The Balaban J connectivity index is 1.48. The molecule has 0 unspecified atom stereocenters. The standard InChI is InChI=1S/C21H21FN2O5/c1-2-28-18-9-5-16(6-10-18)23-19(25)13-29-21(27)14-11-20(26)24(12-14)17-7-3-15(22)4-8-17/h3-10,14H,2,11-13H2,1H3,(H,23,25)/t14-/m1/s1. The van der Waals surface area contributed by atoms with Crippen LogP contribution >= 0.6 is 0 Å². The summed E-state index contributed by atoms with van der Waals surface area (Å²) in [6, 6.07) is 12.3. The number of amides is 2. The Labute approximate surface area is 167 Å². The third-order valence-electron chi connectivity index (χ3n) is 4.39. The molecule has 1 saturated heterocycles. The fourth-order valence-electron chi connectivity index (χ4n) is 2.99. The SMILES string of the molecule is CCOc1ccc(NC(=O)COC(=O)[C@@H]2CC(=O)N(c3ccc(F)cc3)C2)cc1. The van der Waals surface area contributed by atoms with E-state index in [1.807, 2.05) is 6.92 Å². The van der Waals surface area contributed by atoms with E-state index < -0.39 is 30.2 Å². The summed E-state index contributed by atoms with van der Waals surface area (Å²) < 4.78 is 23.4. The molecule has 3 rings (SSSR count). The molecule has 0 bridgehead atoms. The molecule has 0 aliphatic carbocycles. The van der Waals surface area contributed by atoms with Crippen LogP contribution in [0, 0.1) is 11.7 Å². The van der Waals surface area contributed by atoms with E-state index >= 15 is 0 Å². The number of rotatable bonds is 7. The largest absolute Gasteiger partial charge is 0.494 e. The van der Waals surface area contributed by atoms with Crippen molar-refractivity contribution < 1.29 is 28.2 Å². The van der Waals surface area contributed by atoms with E-state index in [2.05, 4.69) is 5.32 Å². The monoisotopic (exact) mass is 400 g/mol. The van der Waals surface area contributed by atoms with E-state index in [1.165, 1.54) is 29.2 Å². The van der Waals surface area contributed by atoms with Gasteiger partial charge in [-0.25, -0.2) is 4.39 Å². The number of hydrogen-bond donors (Lipinski definition) is 1. The van der Waals surface area contributed by atoms with E-state index in [9.17, 15) is 18.8 Å². The molecular weight excluding hydrogens is 379 g/mol. The van der Waals surface area contributed by atoms with Crippen LogP contribution in [-0.4, -0.2) is 37.5 Å². The number of nitrogens with one attached hydrogen (secondary N) is 1. The highest BCUT2D eigenvalue weighted by Crippen LogP contribution is 2.26. The summed E-state index contributed by atoms with van der Waals surface area (Å²) in [5, 5.41) is 2.62. The van der Waals surface area contributed by atoms with Gasteiger partial charge in [0.15, 0.2) is 6.61 Å². The summed E-state index contributed by atoms with van der Waals surface area (Å²) >= 11 is 0. The Morgan fingerprint density at radius 2 is 1.83 bits per heavy atom. The summed E-state index contributed by atoms with van der Waals surface area (Å²) in [5.41, 5.74) is 1.06. The quantitative estimate of drug-likeness (QED) is 0.723. The first kappa shape index (κ1) is 20.3. The third-order valence-corrected chi connectivity index (χ3v) is 4.39. The normalized spacial score (nSPS) is 15.9. The van der Waals surface area contributed by atoms with Gasteiger partial charge in [-0.2, -0.15) is 0 Å². The lowest BCUT2D eigenvalue weighted by molar-refractivity contribution is -0.151. The zero-order chi connectivity index (χ0) is 20.8. The number of halogens is 1. The summed E-state index contributed by atoms with van der Waals surface area (Å²) in [7, 11) is 0. The van der Waals surface area contributed by atoms with Crippen LogP contribution in [0.3, 0.4) is 0 Å². The molecule has 152 valence electrons. The number of carbonyl (C=O) groups excluding carboxylic acids is 3. The molecule has 0 radical (unpaired) electrons. The summed E-state index contributed by atoms with van der Waals surface area (Å²) in [6.07, 6.45) is -0.0171. The van der Waals surface area contributed by atoms with Crippen molar-refractivity contribution in [1.82, 2.24) is 0 Å². The van der Waals surface area contributed by atoms with Gasteiger partial charge in [0.05, 0.1) is 12.5 Å². The minimum atomic E-state index is -0.675. The fourth-order valence-corrected chi connectivity index (χ4v) is 2.99. The first-order chi connectivity index (χ1) is 14.0. The zero-order valence-electron chi connectivity index (χ0n) is 15.9. The highest BCUT2D eigenvalue weighted by atomic mass is 19.1. The first-order valence-electron chi connectivity index (χ1n) is 9.21. The van der Waals surface area contributed by atoms with Gasteiger partial charge in [0.2, 0.25) is 5.91 Å². The van der Waals surface area contributed by atoms with Gasteiger partial charge in [-0.3, -0.25) is 14.4 Å². The fraction of sp³-hybridized carbons (Fsp3) is 0.286. The maximum atomic E-state index is 13.0. The average Bonchev–Trinajstić information content (AvgIpc) is 3.10. The van der Waals surface area contributed by atoms with Crippen LogP contribution in [0.2, 0.25) is 0 Å². The van der Waals surface area contributed by atoms with E-state index in [0.717, 1.165) is 0 Å². The van der Waals surface area contributed by atoms with Crippen molar-refractivity contribution in [3.05, 3.63) is 54.3 Å². The van der Waals surface area contributed by atoms with Crippen molar-refractivity contribution in [2.24, 2.45) is 5.92 Å². The van der Waals surface area contributed by atoms with Gasteiger partial charge in [0, 0.05) is 24.3 Å². The number of ether oxygens (including phenoxy) is 2. The predicted molar refractivity (Wildman–Crippen MR) is 104 cm³/mol. The third kappa shape index (κ3) is 5.31. The van der Waals surface area contributed by atoms with Crippen LogP contribution in [0.4, 0.5) is 15.8 Å². The van der Waals surface area contributed by atoms with Gasteiger partial charge in [-0.05, 0) is 55.5 Å². The maximum Gasteiger partial charge on any atom is 0.311 e. The first-order valence-corrected chi connectivity index (χ1v) is 9.21. The molecule has 1 aliphatic heterocycles. The van der Waals surface area contributed by atoms with Gasteiger partial charge in [-0.1, -0.05) is 0 Å². The lowest BCUT2D eigenvalue weighted by atomic mass is 10.1. The van der Waals surface area contributed by atoms with Gasteiger partial charge in [0.25, 0.3) is 5.91 Å². The van der Waals surface area contributed by atoms with Crippen molar-refractivity contribution in [2.45, 2.75) is 13.3 Å². The Morgan fingerprint density at radius 3 is 2.48 bits per heavy atom. The van der Waals surface area contributed by atoms with E-state index in [0.29, 0.717) is 23.7 Å². The average molecular weight is 400 g/mol. The molecule has 1 atom stereocenters. The number of nitrogens with zero attached hydrogens (tertiary/aromatic N) is 1. The van der Waals surface area contributed by atoms with Crippen LogP contribution in [0.1, 0.15) is 13.3 Å². The Hall–Kier alpha value is -3.42. The van der Waals surface area contributed by atoms with Gasteiger partial charge >= 0.3 is 5.97 Å². The second-order valence-electron chi connectivity index (χ2n) is 6.50. The molecule has 1 heterocycles. The molecule has 8 heteroatoms. The number of carbonyl (C=O) groups is 3. The molecule has 2 aromatic rings. The molecule has 29 heavy (non-hydrogen) atoms. The van der Waals surface area contributed by atoms with E-state index in [-0.39, 0.29) is 18.9 Å².